The number of phenolic OH excluding ortho intramolecular Hbond substituents is 1. The second kappa shape index (κ2) is 14.6. The summed E-state index contributed by atoms with van der Waals surface area (Å²) < 4.78 is 12.9. The zero-order valence-electron chi connectivity index (χ0n) is 26.0. The van der Waals surface area contributed by atoms with Crippen LogP contribution in [0.5, 0.6) is 11.5 Å². The topological polar surface area (TPSA) is 140 Å². The summed E-state index contributed by atoms with van der Waals surface area (Å²) in [5, 5.41) is 26.9. The van der Waals surface area contributed by atoms with Crippen LogP contribution in [0.15, 0.2) is 46.6 Å². The summed E-state index contributed by atoms with van der Waals surface area (Å²) >= 11 is 2.55. The van der Waals surface area contributed by atoms with Crippen LogP contribution >= 0.6 is 22.7 Å². The third-order valence-corrected chi connectivity index (χ3v) is 10.6. The molecule has 2 aliphatic rings. The van der Waals surface area contributed by atoms with Gasteiger partial charge < -0.3 is 34.9 Å². The summed E-state index contributed by atoms with van der Waals surface area (Å²) in [4.78, 5) is 36.1. The number of morpholine rings is 1. The van der Waals surface area contributed by atoms with Gasteiger partial charge in [-0.1, -0.05) is 36.5 Å². The Morgan fingerprint density at radius 3 is 2.78 bits per heavy atom. The molecular formula is C33H41N5O6S2. The van der Waals surface area contributed by atoms with Crippen molar-refractivity contribution < 1.29 is 24.5 Å². The van der Waals surface area contributed by atoms with E-state index in [4.69, 9.17) is 9.47 Å². The minimum Gasteiger partial charge on any atom is -0.506 e. The van der Waals surface area contributed by atoms with E-state index in [1.165, 1.54) is 6.07 Å². The molecular weight excluding hydrogens is 627 g/mol. The van der Waals surface area contributed by atoms with E-state index in [9.17, 15) is 19.8 Å². The number of aromatic amines is 1. The number of piperidine rings is 1. The van der Waals surface area contributed by atoms with Crippen LogP contribution < -0.4 is 14.9 Å². The maximum atomic E-state index is 13.1. The van der Waals surface area contributed by atoms with Crippen LogP contribution in [0.4, 0.5) is 0 Å². The van der Waals surface area contributed by atoms with E-state index in [-0.39, 0.29) is 22.1 Å². The largest absolute Gasteiger partial charge is 0.506 e. The van der Waals surface area contributed by atoms with Crippen molar-refractivity contribution in [1.82, 2.24) is 25.1 Å². The molecule has 2 aliphatic heterocycles. The van der Waals surface area contributed by atoms with E-state index in [0.717, 1.165) is 73.0 Å². The highest BCUT2D eigenvalue weighted by Gasteiger charge is 2.41. The molecule has 4 aromatic rings. The predicted octanol–water partition coefficient (Wildman–Crippen LogP) is 3.91. The number of thiazole rings is 2. The fourth-order valence-corrected chi connectivity index (χ4v) is 7.96. The first kappa shape index (κ1) is 32.6. The average molecular weight is 668 g/mol. The van der Waals surface area contributed by atoms with Gasteiger partial charge in [0.15, 0.2) is 0 Å². The Bertz CT molecular complexity index is 1680. The lowest BCUT2D eigenvalue weighted by atomic mass is 9.89. The van der Waals surface area contributed by atoms with E-state index in [0.29, 0.717) is 60.9 Å². The number of H-pyrrole nitrogens is 1. The van der Waals surface area contributed by atoms with Gasteiger partial charge in [0.2, 0.25) is 0 Å². The molecule has 11 nitrogen and oxygen atoms in total. The zero-order valence-corrected chi connectivity index (χ0v) is 27.6. The molecule has 2 aromatic heterocycles. The summed E-state index contributed by atoms with van der Waals surface area (Å²) in [6, 6.07) is 11.0. The number of fused-ring (bicyclic) bond motifs is 1. The first-order valence-corrected chi connectivity index (χ1v) is 17.6. The summed E-state index contributed by atoms with van der Waals surface area (Å²) in [5.74, 6) is 0.816. The number of nitrogens with one attached hydrogen (secondary N) is 2. The van der Waals surface area contributed by atoms with Gasteiger partial charge in [-0.15, -0.1) is 11.3 Å². The van der Waals surface area contributed by atoms with Crippen molar-refractivity contribution in [3.8, 4) is 11.5 Å². The fourth-order valence-electron chi connectivity index (χ4n) is 6.17. The number of amides is 1. The Hall–Kier alpha value is -3.33. The molecule has 46 heavy (non-hydrogen) atoms. The quantitative estimate of drug-likeness (QED) is 0.177. The summed E-state index contributed by atoms with van der Waals surface area (Å²) in [6.45, 7) is 7.97. The summed E-state index contributed by atoms with van der Waals surface area (Å²) in [6.07, 6.45) is 2.88. The third-order valence-electron chi connectivity index (χ3n) is 8.75. The first-order chi connectivity index (χ1) is 22.3. The molecule has 2 saturated heterocycles. The van der Waals surface area contributed by atoms with E-state index in [2.05, 4.69) is 27.1 Å². The number of carbonyl (C=O) groups is 1. The zero-order chi connectivity index (χ0) is 32.1. The number of ether oxygens (including phenoxy) is 2. The summed E-state index contributed by atoms with van der Waals surface area (Å²) in [5.41, 5.74) is 2.30. The van der Waals surface area contributed by atoms with Crippen molar-refractivity contribution in [2.24, 2.45) is 0 Å². The first-order valence-electron chi connectivity index (χ1n) is 15.9. The van der Waals surface area contributed by atoms with Crippen LogP contribution in [-0.4, -0.2) is 94.0 Å². The fraction of sp³-hybridized carbons (Fsp3) is 0.485. The number of nitrogens with zero attached hydrogens (tertiary/aromatic N) is 3. The molecule has 0 aliphatic carbocycles. The van der Waals surface area contributed by atoms with Crippen molar-refractivity contribution in [2.45, 2.75) is 50.9 Å². The highest BCUT2D eigenvalue weighted by molar-refractivity contribution is 7.16. The van der Waals surface area contributed by atoms with Crippen molar-refractivity contribution >= 4 is 38.8 Å². The Kier molecular flexibility index (Phi) is 10.4. The van der Waals surface area contributed by atoms with Crippen LogP contribution in [0, 0.1) is 0 Å². The second-order valence-corrected chi connectivity index (χ2v) is 13.9. The van der Waals surface area contributed by atoms with Crippen LogP contribution in [0.2, 0.25) is 0 Å². The van der Waals surface area contributed by atoms with Crippen LogP contribution in [0.3, 0.4) is 0 Å². The highest BCUT2D eigenvalue weighted by Crippen LogP contribution is 2.32. The second-order valence-electron chi connectivity index (χ2n) is 12.0. The van der Waals surface area contributed by atoms with E-state index >= 15 is 0 Å². The van der Waals surface area contributed by atoms with Crippen molar-refractivity contribution in [3.63, 3.8) is 0 Å². The van der Waals surface area contributed by atoms with Gasteiger partial charge in [0.25, 0.3) is 5.91 Å². The number of aliphatic hydroxyl groups excluding tert-OH is 1. The van der Waals surface area contributed by atoms with Crippen molar-refractivity contribution in [3.05, 3.63) is 73.3 Å². The minimum atomic E-state index is -0.824. The molecule has 0 bridgehead atoms. The number of hydrogen-bond acceptors (Lipinski definition) is 11. The van der Waals surface area contributed by atoms with Gasteiger partial charge in [-0.05, 0) is 49.4 Å². The van der Waals surface area contributed by atoms with Crippen LogP contribution in [0.25, 0.3) is 10.2 Å². The molecule has 2 fully saturated rings. The number of aromatic nitrogens is 2. The van der Waals surface area contributed by atoms with E-state index < -0.39 is 6.10 Å². The third kappa shape index (κ3) is 7.62. The molecule has 1 atom stereocenters. The number of carbonyl (C=O) groups excluding carboxylic acids is 1. The molecule has 1 unspecified atom stereocenters. The number of aryl methyl sites for hydroxylation is 1. The lowest BCUT2D eigenvalue weighted by molar-refractivity contribution is -0.127. The van der Waals surface area contributed by atoms with Gasteiger partial charge in [-0.3, -0.25) is 14.5 Å². The van der Waals surface area contributed by atoms with E-state index in [1.54, 1.807) is 17.4 Å². The van der Waals surface area contributed by atoms with Gasteiger partial charge >= 0.3 is 4.87 Å². The average Bonchev–Trinajstić information content (AvgIpc) is 3.70. The van der Waals surface area contributed by atoms with Gasteiger partial charge in [0.1, 0.15) is 29.3 Å². The van der Waals surface area contributed by atoms with Gasteiger partial charge in [-0.25, -0.2) is 4.98 Å². The molecule has 0 radical (unpaired) electrons. The number of hydrogen-bond donors (Lipinski definition) is 4. The molecule has 2 aromatic carbocycles. The van der Waals surface area contributed by atoms with E-state index in [1.807, 2.05) is 34.5 Å². The van der Waals surface area contributed by atoms with Crippen LogP contribution in [0.1, 0.15) is 58.9 Å². The van der Waals surface area contributed by atoms with Gasteiger partial charge in [0.05, 0.1) is 34.6 Å². The Labute approximate surface area is 275 Å². The minimum absolute atomic E-state index is 0.00698. The lowest BCUT2D eigenvalue weighted by Gasteiger charge is -2.47. The summed E-state index contributed by atoms with van der Waals surface area (Å²) in [7, 11) is 0. The molecule has 246 valence electrons. The van der Waals surface area contributed by atoms with Crippen molar-refractivity contribution in [1.29, 1.82) is 0 Å². The number of aliphatic hydroxyl groups is 1. The number of aromatic hydroxyl groups is 1. The SMILES string of the molecule is CCCc1nc(C(=O)N2CCOC3(CCN(CCOc4ccc(CNCC(O)c5ccc(O)c6[nH]c(=O)sc56)cc4)CC3)C2)cs1. The van der Waals surface area contributed by atoms with Gasteiger partial charge in [-0.2, -0.15) is 0 Å². The van der Waals surface area contributed by atoms with Gasteiger partial charge in [0, 0.05) is 50.2 Å². The molecule has 0 saturated carbocycles. The molecule has 6 rings (SSSR count). The smallest absolute Gasteiger partial charge is 0.305 e. The Morgan fingerprint density at radius 2 is 2.00 bits per heavy atom. The molecule has 13 heteroatoms. The normalized spacial score (nSPS) is 17.5. The number of likely N-dealkylation sites (tertiary alicyclic amines) is 1. The Morgan fingerprint density at radius 1 is 1.20 bits per heavy atom. The number of phenols is 1. The molecule has 4 heterocycles. The number of benzene rings is 2. The predicted molar refractivity (Wildman–Crippen MR) is 179 cm³/mol. The maximum absolute atomic E-state index is 13.1. The molecule has 4 N–H and O–H groups in total. The monoisotopic (exact) mass is 667 g/mol. The lowest BCUT2D eigenvalue weighted by Crippen LogP contribution is -2.58. The highest BCUT2D eigenvalue weighted by atomic mass is 32.1. The van der Waals surface area contributed by atoms with Crippen molar-refractivity contribution in [2.75, 3.05) is 52.5 Å². The maximum Gasteiger partial charge on any atom is 0.305 e. The molecule has 1 spiro atoms. The Balaban J connectivity index is 0.906. The number of rotatable bonds is 12. The molecule has 1 amide bonds. The van der Waals surface area contributed by atoms with Crippen LogP contribution in [-0.2, 0) is 17.7 Å². The standard InChI is InChI=1S/C33H41N5O6S2/c1-2-3-28-35-25(20-45-28)31(41)38-15-17-44-33(21-38)10-12-37(13-11-33)14-16-43-23-6-4-22(5-7-23)18-34-19-27(40)24-8-9-26(39)29-30(24)46-32(42)36-29/h4-9,20,27,34,39-40H,2-3,10-19,21H2,1H3,(H,36,42).